The van der Waals surface area contributed by atoms with Gasteiger partial charge in [0.15, 0.2) is 0 Å². The molecule has 0 saturated heterocycles. The molecule has 0 bridgehead atoms. The summed E-state index contributed by atoms with van der Waals surface area (Å²) in [5.74, 6) is 0.503. The highest BCUT2D eigenvalue weighted by Gasteiger charge is 2.07. The van der Waals surface area contributed by atoms with Crippen LogP contribution in [0.1, 0.15) is 0 Å². The summed E-state index contributed by atoms with van der Waals surface area (Å²) < 4.78 is 0. The monoisotopic (exact) mass is 279 g/mol. The van der Waals surface area contributed by atoms with E-state index in [1.165, 1.54) is 0 Å². The first-order chi connectivity index (χ1) is 9.83. The second-order valence-corrected chi connectivity index (χ2v) is 4.51. The first-order valence-electron chi connectivity index (χ1n) is 6.06. The van der Waals surface area contributed by atoms with Crippen LogP contribution in [0.3, 0.4) is 0 Å². The Labute approximate surface area is 122 Å². The molecule has 1 heterocycles. The number of halogens is 1. The lowest BCUT2D eigenvalue weighted by atomic mass is 10.2. The summed E-state index contributed by atoms with van der Waals surface area (Å²) in [6, 6.07) is 20.9. The third kappa shape index (κ3) is 2.71. The van der Waals surface area contributed by atoms with E-state index in [4.69, 9.17) is 11.6 Å². The summed E-state index contributed by atoms with van der Waals surface area (Å²) in [5.41, 5.74) is 2.48. The van der Waals surface area contributed by atoms with Crippen molar-refractivity contribution in [3.8, 4) is 11.3 Å². The molecule has 0 radical (unpaired) electrons. The van der Waals surface area contributed by atoms with E-state index in [1.807, 2.05) is 36.4 Å². The Hall–Kier alpha value is -2.57. The van der Waals surface area contributed by atoms with E-state index in [-0.39, 0.29) is 0 Å². The Kier molecular flexibility index (Phi) is 3.49. The van der Waals surface area contributed by atoms with Gasteiger partial charge in [0.05, 0.1) is 16.9 Å². The zero-order valence-corrected chi connectivity index (χ0v) is 11.2. The van der Waals surface area contributed by atoms with Crippen molar-refractivity contribution in [2.45, 2.75) is 0 Å². The Morgan fingerprint density at radius 1 is 1.05 bits per heavy atom. The van der Waals surface area contributed by atoms with Crippen LogP contribution in [0.25, 0.3) is 11.3 Å². The van der Waals surface area contributed by atoms with Gasteiger partial charge in [-0.2, -0.15) is 0 Å². The predicted molar refractivity (Wildman–Crippen MR) is 79.9 cm³/mol. The van der Waals surface area contributed by atoms with E-state index in [2.05, 4.69) is 27.4 Å². The van der Waals surface area contributed by atoms with Crippen LogP contribution in [0.2, 0.25) is 5.02 Å². The van der Waals surface area contributed by atoms with Gasteiger partial charge in [0.25, 0.3) is 0 Å². The quantitative estimate of drug-likeness (QED) is 0.783. The number of benzene rings is 1. The third-order valence-corrected chi connectivity index (χ3v) is 2.98. The summed E-state index contributed by atoms with van der Waals surface area (Å²) in [5, 5.41) is 3.65. The molecule has 3 aromatic rings. The van der Waals surface area contributed by atoms with Crippen LogP contribution in [0, 0.1) is 12.1 Å². The largest absolute Gasteiger partial charge is 0.324 e. The molecule has 0 saturated carbocycles. The van der Waals surface area contributed by atoms with Gasteiger partial charge in [0.1, 0.15) is 0 Å². The molecular weight excluding hydrogens is 270 g/mol. The van der Waals surface area contributed by atoms with Crippen molar-refractivity contribution < 1.29 is 0 Å². The second-order valence-electron chi connectivity index (χ2n) is 4.10. The first kappa shape index (κ1) is 12.5. The van der Waals surface area contributed by atoms with Crippen LogP contribution in [0.4, 0.5) is 11.6 Å². The predicted octanol–water partition coefficient (Wildman–Crippen LogP) is 4.14. The molecule has 0 unspecified atom stereocenters. The fourth-order valence-electron chi connectivity index (χ4n) is 1.77. The van der Waals surface area contributed by atoms with Crippen molar-refractivity contribution in [1.29, 1.82) is 0 Å². The van der Waals surface area contributed by atoms with Crippen molar-refractivity contribution >= 4 is 23.2 Å². The van der Waals surface area contributed by atoms with Gasteiger partial charge in [0, 0.05) is 11.3 Å². The molecule has 0 aliphatic carbocycles. The minimum absolute atomic E-state index is 0.503. The molecule has 3 nitrogen and oxygen atoms in total. The molecule has 96 valence electrons. The number of hydrogen-bond acceptors (Lipinski definition) is 3. The number of rotatable bonds is 3. The summed E-state index contributed by atoms with van der Waals surface area (Å²) >= 11 is 6.16. The maximum atomic E-state index is 6.16. The summed E-state index contributed by atoms with van der Waals surface area (Å²) in [7, 11) is 0. The van der Waals surface area contributed by atoms with Gasteiger partial charge in [0.2, 0.25) is 5.95 Å². The second kappa shape index (κ2) is 5.60. The van der Waals surface area contributed by atoms with Gasteiger partial charge < -0.3 is 5.32 Å². The molecule has 0 aliphatic rings. The van der Waals surface area contributed by atoms with E-state index in [9.17, 15) is 0 Å². The molecule has 3 rings (SSSR count). The molecule has 0 fully saturated rings. The highest BCUT2D eigenvalue weighted by Crippen LogP contribution is 2.26. The van der Waals surface area contributed by atoms with Gasteiger partial charge in [-0.25, -0.2) is 9.97 Å². The smallest absolute Gasteiger partial charge is 0.227 e. The van der Waals surface area contributed by atoms with E-state index in [1.54, 1.807) is 18.3 Å². The first-order valence-corrected chi connectivity index (χ1v) is 6.43. The van der Waals surface area contributed by atoms with Crippen LogP contribution >= 0.6 is 11.6 Å². The maximum absolute atomic E-state index is 6.16. The molecule has 1 N–H and O–H groups in total. The van der Waals surface area contributed by atoms with Gasteiger partial charge in [-0.3, -0.25) is 0 Å². The highest BCUT2D eigenvalue weighted by molar-refractivity contribution is 6.32. The number of nitrogens with zero attached hydrogens (tertiary/aromatic N) is 2. The van der Waals surface area contributed by atoms with Gasteiger partial charge in [-0.15, -0.1) is 0 Å². The molecule has 0 amide bonds. The Balaban J connectivity index is 1.95. The van der Waals surface area contributed by atoms with E-state index in [0.717, 1.165) is 11.3 Å². The molecule has 0 aliphatic heterocycles. The standard InChI is InChI=1S/C16H10ClN3/c17-14-11-18-16(19-13-9-5-2-6-10-13)20-15(14)12-7-3-1-4-8-12/h2-3,5-11H,(H,18,19,20). The molecule has 4 heteroatoms. The molecule has 1 aromatic heterocycles. The third-order valence-electron chi connectivity index (χ3n) is 2.70. The van der Waals surface area contributed by atoms with Crippen molar-refractivity contribution in [3.63, 3.8) is 0 Å². The van der Waals surface area contributed by atoms with Gasteiger partial charge in [-0.05, 0) is 30.3 Å². The fraction of sp³-hybridized carbons (Fsp3) is 0. The average Bonchev–Trinajstić information content (AvgIpc) is 2.51. The summed E-state index contributed by atoms with van der Waals surface area (Å²) in [4.78, 5) is 8.64. The van der Waals surface area contributed by atoms with Crippen molar-refractivity contribution in [1.82, 2.24) is 9.97 Å². The van der Waals surface area contributed by atoms with Crippen LogP contribution in [-0.4, -0.2) is 9.97 Å². The van der Waals surface area contributed by atoms with Crippen molar-refractivity contribution in [2.75, 3.05) is 5.32 Å². The van der Waals surface area contributed by atoms with Crippen LogP contribution < -0.4 is 5.32 Å². The number of hydrogen-bond donors (Lipinski definition) is 1. The number of anilines is 2. The number of nitrogens with one attached hydrogen (secondary N) is 1. The normalized spacial score (nSPS) is 9.85. The van der Waals surface area contributed by atoms with Crippen LogP contribution in [-0.2, 0) is 0 Å². The molecule has 0 spiro atoms. The summed E-state index contributed by atoms with van der Waals surface area (Å²) in [6.07, 6.45) is 1.59. The number of aromatic nitrogens is 2. The Morgan fingerprint density at radius 3 is 2.65 bits per heavy atom. The molecule has 0 atom stereocenters. The molecule has 2 aromatic carbocycles. The maximum Gasteiger partial charge on any atom is 0.227 e. The lowest BCUT2D eigenvalue weighted by Gasteiger charge is -2.07. The van der Waals surface area contributed by atoms with E-state index in [0.29, 0.717) is 16.7 Å². The number of para-hydroxylation sites is 1. The van der Waals surface area contributed by atoms with Gasteiger partial charge in [-0.1, -0.05) is 41.9 Å². The average molecular weight is 280 g/mol. The Morgan fingerprint density at radius 2 is 1.90 bits per heavy atom. The lowest BCUT2D eigenvalue weighted by Crippen LogP contribution is -1.98. The minimum Gasteiger partial charge on any atom is -0.324 e. The van der Waals surface area contributed by atoms with Crippen molar-refractivity contribution in [2.24, 2.45) is 0 Å². The zero-order valence-electron chi connectivity index (χ0n) is 10.5. The van der Waals surface area contributed by atoms with Crippen LogP contribution in [0.5, 0.6) is 0 Å². The zero-order chi connectivity index (χ0) is 13.8. The minimum atomic E-state index is 0.503. The summed E-state index contributed by atoms with van der Waals surface area (Å²) in [6.45, 7) is 0. The van der Waals surface area contributed by atoms with E-state index >= 15 is 0 Å². The Bertz CT molecular complexity index is 699. The van der Waals surface area contributed by atoms with Gasteiger partial charge >= 0.3 is 0 Å². The molecule has 20 heavy (non-hydrogen) atoms. The fourth-order valence-corrected chi connectivity index (χ4v) is 1.97. The SMILES string of the molecule is Clc1cnc(Nc2ccccc2)nc1-c1cc#ccc1. The van der Waals surface area contributed by atoms with Crippen LogP contribution in [0.15, 0.2) is 54.7 Å². The topological polar surface area (TPSA) is 37.8 Å². The highest BCUT2D eigenvalue weighted by atomic mass is 35.5. The lowest BCUT2D eigenvalue weighted by molar-refractivity contribution is 1.17. The molecular formula is C16H10ClN3. The van der Waals surface area contributed by atoms with E-state index < -0.39 is 0 Å². The van der Waals surface area contributed by atoms with Crippen molar-refractivity contribution in [3.05, 3.63) is 71.9 Å².